The Kier molecular flexibility index (Phi) is 6.05. The number of hydrogen-bond acceptors (Lipinski definition) is 3. The first-order chi connectivity index (χ1) is 10.2. The number of hydrogen-bond donors (Lipinski definition) is 1. The van der Waals surface area contributed by atoms with Crippen LogP contribution in [0.3, 0.4) is 0 Å². The molecule has 1 aliphatic carbocycles. The number of para-hydroxylation sites is 1. The fourth-order valence-electron chi connectivity index (χ4n) is 2.15. The molecule has 0 aliphatic heterocycles. The highest BCUT2D eigenvalue weighted by molar-refractivity contribution is 5.77. The summed E-state index contributed by atoms with van der Waals surface area (Å²) < 4.78 is 11.1. The highest BCUT2D eigenvalue weighted by atomic mass is 16.5. The molecule has 1 aliphatic rings. The molecule has 1 fully saturated rings. The molecule has 1 saturated carbocycles. The van der Waals surface area contributed by atoms with E-state index in [0.29, 0.717) is 13.2 Å². The molecule has 0 saturated heterocycles. The van der Waals surface area contributed by atoms with Crippen molar-refractivity contribution < 1.29 is 14.3 Å². The van der Waals surface area contributed by atoms with E-state index < -0.39 is 0 Å². The van der Waals surface area contributed by atoms with Crippen molar-refractivity contribution in [1.82, 2.24) is 5.32 Å². The van der Waals surface area contributed by atoms with Crippen molar-refractivity contribution in [2.45, 2.75) is 33.1 Å². The predicted molar refractivity (Wildman–Crippen MR) is 82.6 cm³/mol. The van der Waals surface area contributed by atoms with E-state index in [4.69, 9.17) is 9.47 Å². The van der Waals surface area contributed by atoms with Crippen molar-refractivity contribution in [1.29, 1.82) is 0 Å². The molecule has 0 heterocycles. The molecule has 4 nitrogen and oxygen atoms in total. The van der Waals surface area contributed by atoms with Crippen LogP contribution in [0, 0.1) is 19.8 Å². The minimum atomic E-state index is -0.0835. The Hall–Kier alpha value is -1.55. The van der Waals surface area contributed by atoms with Gasteiger partial charge in [-0.1, -0.05) is 18.2 Å². The molecule has 1 aromatic rings. The predicted octanol–water partition coefficient (Wildman–Crippen LogP) is 2.62. The molecule has 21 heavy (non-hydrogen) atoms. The van der Waals surface area contributed by atoms with Gasteiger partial charge < -0.3 is 14.8 Å². The molecule has 2 rings (SSSR count). The summed E-state index contributed by atoms with van der Waals surface area (Å²) in [6.45, 7) is 6.27. The van der Waals surface area contributed by atoms with Crippen LogP contribution < -0.4 is 10.1 Å². The zero-order valence-corrected chi connectivity index (χ0v) is 13.0. The Morgan fingerprint density at radius 3 is 2.67 bits per heavy atom. The molecule has 0 atom stereocenters. The number of amides is 1. The Balaban J connectivity index is 1.56. The molecular formula is C17H25NO3. The average molecular weight is 291 g/mol. The summed E-state index contributed by atoms with van der Waals surface area (Å²) in [5, 5.41) is 2.85. The lowest BCUT2D eigenvalue weighted by Crippen LogP contribution is -2.30. The van der Waals surface area contributed by atoms with Crippen molar-refractivity contribution in [2.24, 2.45) is 5.92 Å². The topological polar surface area (TPSA) is 47.6 Å². The Morgan fingerprint density at radius 1 is 1.29 bits per heavy atom. The first-order valence-corrected chi connectivity index (χ1v) is 7.70. The number of carbonyl (C=O) groups is 1. The lowest BCUT2D eigenvalue weighted by atomic mass is 10.1. The van der Waals surface area contributed by atoms with Crippen molar-refractivity contribution in [2.75, 3.05) is 26.4 Å². The maximum Gasteiger partial charge on any atom is 0.257 e. The lowest BCUT2D eigenvalue weighted by molar-refractivity contribution is -0.123. The van der Waals surface area contributed by atoms with Crippen LogP contribution in [0.2, 0.25) is 0 Å². The molecule has 1 aromatic carbocycles. The quantitative estimate of drug-likeness (QED) is 0.711. The van der Waals surface area contributed by atoms with E-state index in [9.17, 15) is 4.79 Å². The minimum absolute atomic E-state index is 0.0641. The summed E-state index contributed by atoms with van der Waals surface area (Å²) in [4.78, 5) is 11.7. The molecule has 1 N–H and O–H groups in total. The number of benzene rings is 1. The summed E-state index contributed by atoms with van der Waals surface area (Å²) in [5.74, 6) is 1.52. The van der Waals surface area contributed by atoms with Gasteiger partial charge in [0.1, 0.15) is 5.75 Å². The van der Waals surface area contributed by atoms with Gasteiger partial charge in [-0.3, -0.25) is 4.79 Å². The first kappa shape index (κ1) is 15.8. The molecule has 0 bridgehead atoms. The smallest absolute Gasteiger partial charge is 0.257 e. The lowest BCUT2D eigenvalue weighted by Gasteiger charge is -2.12. The van der Waals surface area contributed by atoms with Gasteiger partial charge in [0.15, 0.2) is 6.61 Å². The number of rotatable bonds is 9. The molecule has 116 valence electrons. The van der Waals surface area contributed by atoms with Crippen LogP contribution in [0.4, 0.5) is 0 Å². The summed E-state index contributed by atoms with van der Waals surface area (Å²) in [5.41, 5.74) is 2.10. The van der Waals surface area contributed by atoms with E-state index in [1.807, 2.05) is 32.0 Å². The van der Waals surface area contributed by atoms with Crippen molar-refractivity contribution in [3.8, 4) is 5.75 Å². The maximum absolute atomic E-state index is 11.7. The second kappa shape index (κ2) is 8.03. The largest absolute Gasteiger partial charge is 0.483 e. The highest BCUT2D eigenvalue weighted by Gasteiger charge is 2.20. The second-order valence-electron chi connectivity index (χ2n) is 5.73. The Bertz CT molecular complexity index is 449. The van der Waals surface area contributed by atoms with Gasteiger partial charge in [0.25, 0.3) is 5.91 Å². The summed E-state index contributed by atoms with van der Waals surface area (Å²) >= 11 is 0. The molecule has 0 radical (unpaired) electrons. The van der Waals surface area contributed by atoms with Crippen molar-refractivity contribution in [3.63, 3.8) is 0 Å². The molecule has 0 aromatic heterocycles. The molecule has 4 heteroatoms. The van der Waals surface area contributed by atoms with E-state index in [1.54, 1.807) is 0 Å². The van der Waals surface area contributed by atoms with Crippen molar-refractivity contribution in [3.05, 3.63) is 29.3 Å². The summed E-state index contributed by atoms with van der Waals surface area (Å²) in [6, 6.07) is 5.95. The summed E-state index contributed by atoms with van der Waals surface area (Å²) in [7, 11) is 0. The first-order valence-electron chi connectivity index (χ1n) is 7.70. The van der Waals surface area contributed by atoms with E-state index >= 15 is 0 Å². The second-order valence-corrected chi connectivity index (χ2v) is 5.73. The van der Waals surface area contributed by atoms with Gasteiger partial charge in [-0.15, -0.1) is 0 Å². The number of nitrogens with one attached hydrogen (secondary N) is 1. The Labute approximate surface area is 126 Å². The van der Waals surface area contributed by atoms with Gasteiger partial charge in [-0.05, 0) is 50.2 Å². The monoisotopic (exact) mass is 291 g/mol. The van der Waals surface area contributed by atoms with E-state index in [2.05, 4.69) is 5.32 Å². The zero-order chi connectivity index (χ0) is 15.1. The van der Waals surface area contributed by atoms with E-state index in [0.717, 1.165) is 35.8 Å². The summed E-state index contributed by atoms with van der Waals surface area (Å²) in [6.07, 6.45) is 3.47. The SMILES string of the molecule is Cc1cccc(C)c1OCC(=O)NCCCOCC1CC1. The maximum atomic E-state index is 11.7. The van der Waals surface area contributed by atoms with Crippen LogP contribution in [0.15, 0.2) is 18.2 Å². The van der Waals surface area contributed by atoms with Gasteiger partial charge >= 0.3 is 0 Å². The fraction of sp³-hybridized carbons (Fsp3) is 0.588. The van der Waals surface area contributed by atoms with E-state index in [-0.39, 0.29) is 12.5 Å². The number of aryl methyl sites for hydroxylation is 2. The molecular weight excluding hydrogens is 266 g/mol. The zero-order valence-electron chi connectivity index (χ0n) is 13.0. The van der Waals surface area contributed by atoms with Gasteiger partial charge in [-0.25, -0.2) is 0 Å². The van der Waals surface area contributed by atoms with Gasteiger partial charge in [0.2, 0.25) is 0 Å². The third-order valence-corrected chi connectivity index (χ3v) is 3.59. The average Bonchev–Trinajstić information content (AvgIpc) is 3.26. The molecule has 0 unspecified atom stereocenters. The Morgan fingerprint density at radius 2 is 2.00 bits per heavy atom. The van der Waals surface area contributed by atoms with Crippen LogP contribution in [0.25, 0.3) is 0 Å². The van der Waals surface area contributed by atoms with Gasteiger partial charge in [0.05, 0.1) is 0 Å². The fourth-order valence-corrected chi connectivity index (χ4v) is 2.15. The third kappa shape index (κ3) is 5.76. The van der Waals surface area contributed by atoms with Crippen LogP contribution in [0.5, 0.6) is 5.75 Å². The van der Waals surface area contributed by atoms with Crippen LogP contribution in [-0.4, -0.2) is 32.3 Å². The highest BCUT2D eigenvalue weighted by Crippen LogP contribution is 2.28. The van der Waals surface area contributed by atoms with Gasteiger partial charge in [0, 0.05) is 19.8 Å². The van der Waals surface area contributed by atoms with E-state index in [1.165, 1.54) is 12.8 Å². The minimum Gasteiger partial charge on any atom is -0.483 e. The molecule has 1 amide bonds. The molecule has 0 spiro atoms. The third-order valence-electron chi connectivity index (χ3n) is 3.59. The standard InChI is InChI=1S/C17H25NO3/c1-13-5-3-6-14(2)17(13)21-12-16(19)18-9-4-10-20-11-15-7-8-15/h3,5-6,15H,4,7-12H2,1-2H3,(H,18,19). The van der Waals surface area contributed by atoms with Crippen molar-refractivity contribution >= 4 is 5.91 Å². The van der Waals surface area contributed by atoms with Crippen LogP contribution in [-0.2, 0) is 9.53 Å². The number of ether oxygens (including phenoxy) is 2. The van der Waals surface area contributed by atoms with Crippen LogP contribution in [0.1, 0.15) is 30.4 Å². The number of carbonyl (C=O) groups excluding carboxylic acids is 1. The van der Waals surface area contributed by atoms with Gasteiger partial charge in [-0.2, -0.15) is 0 Å². The normalized spacial score (nSPS) is 14.0. The van der Waals surface area contributed by atoms with Crippen LogP contribution >= 0.6 is 0 Å².